The van der Waals surface area contributed by atoms with E-state index in [0.29, 0.717) is 0 Å². The molecule has 0 atom stereocenters. The summed E-state index contributed by atoms with van der Waals surface area (Å²) in [5.74, 6) is -9.84. The average molecular weight is 264 g/mol. The Morgan fingerprint density at radius 1 is 0.722 bits per heavy atom. The summed E-state index contributed by atoms with van der Waals surface area (Å²) in [6.45, 7) is 1.32. The van der Waals surface area contributed by atoms with E-state index in [2.05, 4.69) is 0 Å². The van der Waals surface area contributed by atoms with Crippen molar-refractivity contribution in [3.8, 4) is 0 Å². The molecule has 0 aliphatic carbocycles. The second kappa shape index (κ2) is 4.19. The molecule has 0 aliphatic heterocycles. The SMILES string of the molecule is CCc1c(F)c(F)c2c(F)c(F)cc(F)c2c1F. The molecular weight excluding hydrogens is 258 g/mol. The smallest absolute Gasteiger partial charge is 0.170 e. The van der Waals surface area contributed by atoms with Crippen LogP contribution in [-0.2, 0) is 6.42 Å². The average Bonchev–Trinajstić information content (AvgIpc) is 2.31. The van der Waals surface area contributed by atoms with Gasteiger partial charge in [0.05, 0.1) is 10.8 Å². The van der Waals surface area contributed by atoms with Gasteiger partial charge in [-0.2, -0.15) is 0 Å². The summed E-state index contributed by atoms with van der Waals surface area (Å²) in [5, 5.41) is -2.43. The van der Waals surface area contributed by atoms with E-state index >= 15 is 0 Å². The number of halogens is 6. The van der Waals surface area contributed by atoms with Crippen molar-refractivity contribution >= 4 is 10.8 Å². The molecule has 0 heterocycles. The van der Waals surface area contributed by atoms with E-state index in [4.69, 9.17) is 0 Å². The van der Waals surface area contributed by atoms with Gasteiger partial charge in [0.15, 0.2) is 23.3 Å². The zero-order valence-corrected chi connectivity index (χ0v) is 9.05. The van der Waals surface area contributed by atoms with Gasteiger partial charge in [-0.3, -0.25) is 0 Å². The van der Waals surface area contributed by atoms with Crippen molar-refractivity contribution in [3.05, 3.63) is 46.5 Å². The second-order valence-corrected chi connectivity index (χ2v) is 3.68. The number of fused-ring (bicyclic) bond motifs is 1. The Bertz CT molecular complexity index is 647. The van der Waals surface area contributed by atoms with Crippen molar-refractivity contribution in [2.24, 2.45) is 0 Å². The predicted octanol–water partition coefficient (Wildman–Crippen LogP) is 4.24. The lowest BCUT2D eigenvalue weighted by atomic mass is 10.0. The van der Waals surface area contributed by atoms with Gasteiger partial charge in [-0.15, -0.1) is 0 Å². The Hall–Kier alpha value is -1.72. The normalized spacial score (nSPS) is 11.3. The molecule has 0 aromatic heterocycles. The molecule has 0 fully saturated rings. The van der Waals surface area contributed by atoms with Crippen LogP contribution in [0.5, 0.6) is 0 Å². The quantitative estimate of drug-likeness (QED) is 0.534. The van der Waals surface area contributed by atoms with Crippen LogP contribution in [0.25, 0.3) is 10.8 Å². The first-order chi connectivity index (χ1) is 8.40. The van der Waals surface area contributed by atoms with E-state index in [1.54, 1.807) is 0 Å². The predicted molar refractivity (Wildman–Crippen MR) is 53.1 cm³/mol. The Balaban J connectivity index is 3.12. The number of rotatable bonds is 1. The molecule has 0 spiro atoms. The van der Waals surface area contributed by atoms with Gasteiger partial charge in [-0.1, -0.05) is 6.92 Å². The standard InChI is InChI=1S/C12H6F6/c1-2-4-9(15)7-5(13)3-6(14)11(17)8(7)12(18)10(4)16/h3H,2H2,1H3. The highest BCUT2D eigenvalue weighted by atomic mass is 19.2. The molecule has 96 valence electrons. The van der Waals surface area contributed by atoms with Crippen molar-refractivity contribution < 1.29 is 26.3 Å². The molecule has 0 amide bonds. The summed E-state index contributed by atoms with van der Waals surface area (Å²) in [7, 11) is 0. The zero-order valence-electron chi connectivity index (χ0n) is 9.05. The minimum atomic E-state index is -1.82. The summed E-state index contributed by atoms with van der Waals surface area (Å²) >= 11 is 0. The van der Waals surface area contributed by atoms with Crippen LogP contribution in [-0.4, -0.2) is 0 Å². The number of hydrogen-bond donors (Lipinski definition) is 0. The molecule has 2 rings (SSSR count). The topological polar surface area (TPSA) is 0 Å². The van der Waals surface area contributed by atoms with E-state index in [0.717, 1.165) is 0 Å². The minimum absolute atomic E-state index is 0.0948. The molecular formula is C12H6F6. The largest absolute Gasteiger partial charge is 0.206 e. The first-order valence-corrected chi connectivity index (χ1v) is 5.02. The van der Waals surface area contributed by atoms with E-state index < -0.39 is 51.2 Å². The first-order valence-electron chi connectivity index (χ1n) is 5.02. The van der Waals surface area contributed by atoms with Crippen LogP contribution in [0.2, 0.25) is 0 Å². The molecule has 0 unspecified atom stereocenters. The van der Waals surface area contributed by atoms with E-state index in [1.165, 1.54) is 6.92 Å². The third kappa shape index (κ3) is 1.55. The summed E-state index contributed by atoms with van der Waals surface area (Å²) in [5.41, 5.74) is -0.704. The van der Waals surface area contributed by atoms with Crippen LogP contribution >= 0.6 is 0 Å². The third-order valence-corrected chi connectivity index (χ3v) is 2.69. The molecule has 0 N–H and O–H groups in total. The van der Waals surface area contributed by atoms with Gasteiger partial charge in [0.1, 0.15) is 11.6 Å². The molecule has 6 heteroatoms. The van der Waals surface area contributed by atoms with Gasteiger partial charge in [0.2, 0.25) is 0 Å². The van der Waals surface area contributed by atoms with Gasteiger partial charge in [0.25, 0.3) is 0 Å². The van der Waals surface area contributed by atoms with Crippen molar-refractivity contribution in [3.63, 3.8) is 0 Å². The lowest BCUT2D eigenvalue weighted by Gasteiger charge is -2.10. The maximum Gasteiger partial charge on any atom is 0.170 e. The van der Waals surface area contributed by atoms with Gasteiger partial charge >= 0.3 is 0 Å². The lowest BCUT2D eigenvalue weighted by Crippen LogP contribution is -2.04. The summed E-state index contributed by atoms with van der Waals surface area (Å²) < 4.78 is 80.3. The summed E-state index contributed by atoms with van der Waals surface area (Å²) in [6, 6.07) is 0.0948. The van der Waals surface area contributed by atoms with Crippen LogP contribution in [0.4, 0.5) is 26.3 Å². The van der Waals surface area contributed by atoms with Gasteiger partial charge in [-0.25, -0.2) is 26.3 Å². The Morgan fingerprint density at radius 3 is 1.89 bits per heavy atom. The molecule has 0 bridgehead atoms. The molecule has 0 aliphatic rings. The molecule has 18 heavy (non-hydrogen) atoms. The van der Waals surface area contributed by atoms with Crippen molar-refractivity contribution in [1.82, 2.24) is 0 Å². The van der Waals surface area contributed by atoms with E-state index in [1.807, 2.05) is 0 Å². The minimum Gasteiger partial charge on any atom is -0.206 e. The third-order valence-electron chi connectivity index (χ3n) is 2.69. The molecule has 2 aromatic rings. The van der Waals surface area contributed by atoms with Crippen molar-refractivity contribution in [1.29, 1.82) is 0 Å². The van der Waals surface area contributed by atoms with Crippen molar-refractivity contribution in [2.45, 2.75) is 13.3 Å². The van der Waals surface area contributed by atoms with E-state index in [-0.39, 0.29) is 12.5 Å². The zero-order chi connectivity index (χ0) is 13.6. The van der Waals surface area contributed by atoms with Crippen LogP contribution in [0.15, 0.2) is 6.07 Å². The van der Waals surface area contributed by atoms with Gasteiger partial charge < -0.3 is 0 Å². The second-order valence-electron chi connectivity index (χ2n) is 3.68. The lowest BCUT2D eigenvalue weighted by molar-refractivity contribution is 0.471. The Labute approximate surface area is 97.8 Å². The first kappa shape index (κ1) is 12.7. The fraction of sp³-hybridized carbons (Fsp3) is 0.167. The summed E-state index contributed by atoms with van der Waals surface area (Å²) in [4.78, 5) is 0. The molecule has 0 radical (unpaired) electrons. The Morgan fingerprint density at radius 2 is 1.33 bits per heavy atom. The maximum absolute atomic E-state index is 13.7. The van der Waals surface area contributed by atoms with Gasteiger partial charge in [0, 0.05) is 11.6 Å². The Kier molecular flexibility index (Phi) is 2.96. The fourth-order valence-corrected chi connectivity index (χ4v) is 1.82. The highest BCUT2D eigenvalue weighted by Crippen LogP contribution is 2.32. The van der Waals surface area contributed by atoms with Gasteiger partial charge in [-0.05, 0) is 6.42 Å². The highest BCUT2D eigenvalue weighted by molar-refractivity contribution is 5.86. The monoisotopic (exact) mass is 264 g/mol. The van der Waals surface area contributed by atoms with E-state index in [9.17, 15) is 26.3 Å². The van der Waals surface area contributed by atoms with Crippen LogP contribution in [0.1, 0.15) is 12.5 Å². The molecule has 2 aromatic carbocycles. The van der Waals surface area contributed by atoms with Crippen LogP contribution in [0, 0.1) is 34.9 Å². The number of benzene rings is 2. The van der Waals surface area contributed by atoms with Crippen LogP contribution < -0.4 is 0 Å². The highest BCUT2D eigenvalue weighted by Gasteiger charge is 2.25. The molecule has 0 saturated heterocycles. The summed E-state index contributed by atoms with van der Waals surface area (Å²) in [6.07, 6.45) is -0.247. The van der Waals surface area contributed by atoms with Crippen molar-refractivity contribution in [2.75, 3.05) is 0 Å². The van der Waals surface area contributed by atoms with Crippen LogP contribution in [0.3, 0.4) is 0 Å². The molecule has 0 nitrogen and oxygen atoms in total. The fourth-order valence-electron chi connectivity index (χ4n) is 1.82. The molecule has 0 saturated carbocycles. The maximum atomic E-state index is 13.7. The number of hydrogen-bond acceptors (Lipinski definition) is 0.